The summed E-state index contributed by atoms with van der Waals surface area (Å²) in [7, 11) is 0. The maximum absolute atomic E-state index is 8.99. The summed E-state index contributed by atoms with van der Waals surface area (Å²) in [6.07, 6.45) is 0. The lowest BCUT2D eigenvalue weighted by Gasteiger charge is -2.11. The number of nitrogens with one attached hydrogen (secondary N) is 1. The molecule has 0 aliphatic heterocycles. The Hall–Kier alpha value is -0.220. The second kappa shape index (κ2) is 8.05. The summed E-state index contributed by atoms with van der Waals surface area (Å²) in [5.74, 6) is 1.23. The molecule has 1 rings (SSSR count). The third kappa shape index (κ3) is 5.61. The molecule has 1 atom stereocenters. The van der Waals surface area contributed by atoms with Crippen LogP contribution in [0, 0.1) is 5.92 Å². The molecule has 4 heteroatoms. The van der Waals surface area contributed by atoms with Crippen LogP contribution in [0.1, 0.15) is 26.3 Å². The van der Waals surface area contributed by atoms with Crippen molar-refractivity contribution in [3.05, 3.63) is 28.8 Å². The SMILES string of the molecule is CC(CO)CSc1ccc(CNC(C)C)c(Cl)c1. The average molecular weight is 288 g/mol. The molecule has 1 aromatic carbocycles. The third-order valence-corrected chi connectivity index (χ3v) is 4.25. The first kappa shape index (κ1) is 15.8. The molecule has 0 radical (unpaired) electrons. The van der Waals surface area contributed by atoms with Gasteiger partial charge in [-0.3, -0.25) is 0 Å². The Morgan fingerprint density at radius 3 is 2.61 bits per heavy atom. The molecule has 1 unspecified atom stereocenters. The van der Waals surface area contributed by atoms with Crippen LogP contribution in [-0.4, -0.2) is 23.5 Å². The minimum absolute atomic E-state index is 0.233. The highest BCUT2D eigenvalue weighted by Crippen LogP contribution is 2.26. The number of hydrogen-bond acceptors (Lipinski definition) is 3. The molecular weight excluding hydrogens is 266 g/mol. The van der Waals surface area contributed by atoms with E-state index in [0.29, 0.717) is 12.0 Å². The van der Waals surface area contributed by atoms with Gasteiger partial charge in [-0.15, -0.1) is 11.8 Å². The molecule has 0 saturated carbocycles. The van der Waals surface area contributed by atoms with Crippen molar-refractivity contribution in [3.8, 4) is 0 Å². The number of rotatable bonds is 7. The van der Waals surface area contributed by atoms with Crippen LogP contribution in [0.4, 0.5) is 0 Å². The van der Waals surface area contributed by atoms with Crippen molar-refractivity contribution < 1.29 is 5.11 Å². The molecule has 1 aromatic rings. The van der Waals surface area contributed by atoms with Gasteiger partial charge < -0.3 is 10.4 Å². The van der Waals surface area contributed by atoms with Gasteiger partial charge in [-0.25, -0.2) is 0 Å². The predicted molar refractivity (Wildman–Crippen MR) is 80.4 cm³/mol. The van der Waals surface area contributed by atoms with E-state index < -0.39 is 0 Å². The molecule has 0 amide bonds. The van der Waals surface area contributed by atoms with E-state index in [9.17, 15) is 0 Å². The van der Waals surface area contributed by atoms with E-state index in [1.54, 1.807) is 11.8 Å². The fraction of sp³-hybridized carbons (Fsp3) is 0.571. The number of benzene rings is 1. The highest BCUT2D eigenvalue weighted by Gasteiger charge is 2.05. The summed E-state index contributed by atoms with van der Waals surface area (Å²) in [4.78, 5) is 1.16. The molecule has 2 nitrogen and oxygen atoms in total. The smallest absolute Gasteiger partial charge is 0.0464 e. The second-order valence-electron chi connectivity index (χ2n) is 4.89. The van der Waals surface area contributed by atoms with E-state index in [0.717, 1.165) is 27.8 Å². The molecule has 0 aliphatic rings. The third-order valence-electron chi connectivity index (χ3n) is 2.57. The summed E-state index contributed by atoms with van der Waals surface area (Å²) >= 11 is 7.99. The zero-order valence-electron chi connectivity index (χ0n) is 11.2. The Labute approximate surface area is 119 Å². The molecule has 2 N–H and O–H groups in total. The van der Waals surface area contributed by atoms with Crippen molar-refractivity contribution in [2.75, 3.05) is 12.4 Å². The van der Waals surface area contributed by atoms with Gasteiger partial charge in [0.2, 0.25) is 0 Å². The maximum atomic E-state index is 8.99. The second-order valence-corrected chi connectivity index (χ2v) is 6.39. The number of aliphatic hydroxyl groups excluding tert-OH is 1. The molecule has 0 aliphatic carbocycles. The van der Waals surface area contributed by atoms with Gasteiger partial charge in [0.15, 0.2) is 0 Å². The van der Waals surface area contributed by atoms with Crippen molar-refractivity contribution in [2.24, 2.45) is 5.92 Å². The standard InChI is InChI=1S/C14H22ClNOS/c1-10(2)16-7-12-4-5-13(6-14(12)15)18-9-11(3)8-17/h4-6,10-11,16-17H,7-9H2,1-3H3. The molecular formula is C14H22ClNOS. The summed E-state index contributed by atoms with van der Waals surface area (Å²) in [6.45, 7) is 7.31. The van der Waals surface area contributed by atoms with Crippen molar-refractivity contribution in [2.45, 2.75) is 38.3 Å². The predicted octanol–water partition coefficient (Wildman–Crippen LogP) is 3.56. The highest BCUT2D eigenvalue weighted by molar-refractivity contribution is 7.99. The fourth-order valence-corrected chi connectivity index (χ4v) is 2.63. The Morgan fingerprint density at radius 1 is 1.33 bits per heavy atom. The van der Waals surface area contributed by atoms with Crippen LogP contribution in [0.3, 0.4) is 0 Å². The van der Waals surface area contributed by atoms with E-state index >= 15 is 0 Å². The van der Waals surface area contributed by atoms with Crippen LogP contribution in [0.5, 0.6) is 0 Å². The minimum Gasteiger partial charge on any atom is -0.396 e. The van der Waals surface area contributed by atoms with Crippen molar-refractivity contribution in [1.29, 1.82) is 0 Å². The van der Waals surface area contributed by atoms with Crippen molar-refractivity contribution >= 4 is 23.4 Å². The van der Waals surface area contributed by atoms with E-state index in [4.69, 9.17) is 16.7 Å². The van der Waals surface area contributed by atoms with E-state index in [2.05, 4.69) is 31.3 Å². The summed E-state index contributed by atoms with van der Waals surface area (Å²) in [5, 5.41) is 13.2. The van der Waals surface area contributed by atoms with E-state index in [-0.39, 0.29) is 6.61 Å². The van der Waals surface area contributed by atoms with Gasteiger partial charge in [-0.1, -0.05) is 38.4 Å². The van der Waals surface area contributed by atoms with Crippen LogP contribution in [0.25, 0.3) is 0 Å². The highest BCUT2D eigenvalue weighted by atomic mass is 35.5. The molecule has 0 heterocycles. The average Bonchev–Trinajstić information content (AvgIpc) is 2.34. The van der Waals surface area contributed by atoms with Gasteiger partial charge >= 0.3 is 0 Å². The van der Waals surface area contributed by atoms with Crippen LogP contribution in [0.15, 0.2) is 23.1 Å². The molecule has 0 fully saturated rings. The van der Waals surface area contributed by atoms with Crippen LogP contribution in [-0.2, 0) is 6.54 Å². The van der Waals surface area contributed by atoms with Crippen molar-refractivity contribution in [1.82, 2.24) is 5.32 Å². The monoisotopic (exact) mass is 287 g/mol. The van der Waals surface area contributed by atoms with Gasteiger partial charge in [0.25, 0.3) is 0 Å². The normalized spacial score (nSPS) is 13.0. The summed E-state index contributed by atoms with van der Waals surface area (Å²) in [5.41, 5.74) is 1.13. The van der Waals surface area contributed by atoms with Crippen LogP contribution >= 0.6 is 23.4 Å². The Kier molecular flexibility index (Phi) is 7.08. The molecule has 102 valence electrons. The molecule has 0 aromatic heterocycles. The van der Waals surface area contributed by atoms with E-state index in [1.165, 1.54) is 0 Å². The number of aliphatic hydroxyl groups is 1. The zero-order chi connectivity index (χ0) is 13.5. The summed E-state index contributed by atoms with van der Waals surface area (Å²) < 4.78 is 0. The lowest BCUT2D eigenvalue weighted by Crippen LogP contribution is -2.21. The number of hydrogen-bond donors (Lipinski definition) is 2. The quantitative estimate of drug-likeness (QED) is 0.752. The Morgan fingerprint density at radius 2 is 2.06 bits per heavy atom. The lowest BCUT2D eigenvalue weighted by atomic mass is 10.2. The van der Waals surface area contributed by atoms with Gasteiger partial charge in [0.1, 0.15) is 0 Å². The summed E-state index contributed by atoms with van der Waals surface area (Å²) in [6, 6.07) is 6.63. The lowest BCUT2D eigenvalue weighted by molar-refractivity contribution is 0.250. The number of thioether (sulfide) groups is 1. The van der Waals surface area contributed by atoms with Crippen LogP contribution < -0.4 is 5.32 Å². The molecule has 0 spiro atoms. The topological polar surface area (TPSA) is 32.3 Å². The minimum atomic E-state index is 0.233. The van der Waals surface area contributed by atoms with Crippen LogP contribution in [0.2, 0.25) is 5.02 Å². The van der Waals surface area contributed by atoms with Gasteiger partial charge in [-0.05, 0) is 23.6 Å². The first-order valence-electron chi connectivity index (χ1n) is 6.28. The first-order chi connectivity index (χ1) is 8.52. The Balaban J connectivity index is 2.56. The van der Waals surface area contributed by atoms with Gasteiger partial charge in [0.05, 0.1) is 0 Å². The van der Waals surface area contributed by atoms with Crippen molar-refractivity contribution in [3.63, 3.8) is 0 Å². The zero-order valence-corrected chi connectivity index (χ0v) is 12.8. The fourth-order valence-electron chi connectivity index (χ4n) is 1.37. The van der Waals surface area contributed by atoms with Gasteiger partial charge in [0, 0.05) is 34.9 Å². The maximum Gasteiger partial charge on any atom is 0.0464 e. The molecule has 0 saturated heterocycles. The van der Waals surface area contributed by atoms with E-state index in [1.807, 2.05) is 13.0 Å². The molecule has 0 bridgehead atoms. The number of halogens is 1. The largest absolute Gasteiger partial charge is 0.396 e. The first-order valence-corrected chi connectivity index (χ1v) is 7.64. The molecule has 18 heavy (non-hydrogen) atoms. The van der Waals surface area contributed by atoms with Gasteiger partial charge in [-0.2, -0.15) is 0 Å². The Bertz CT molecular complexity index is 371.